The Bertz CT molecular complexity index is 501. The molecular weight excluding hydrogens is 276 g/mol. The van der Waals surface area contributed by atoms with E-state index in [1.807, 2.05) is 38.1 Å². The second-order valence-electron chi connectivity index (χ2n) is 5.01. The van der Waals surface area contributed by atoms with E-state index in [-0.39, 0.29) is 6.10 Å². The van der Waals surface area contributed by atoms with Crippen molar-refractivity contribution in [3.8, 4) is 5.75 Å². The van der Waals surface area contributed by atoms with Gasteiger partial charge in [0.05, 0.1) is 12.4 Å². The molecule has 0 spiro atoms. The Morgan fingerprint density at radius 3 is 2.65 bits per heavy atom. The maximum Gasteiger partial charge on any atom is 0.208 e. The number of sulfonamides is 1. The largest absolute Gasteiger partial charge is 0.491 e. The highest BCUT2D eigenvalue weighted by Gasteiger charge is 2.00. The van der Waals surface area contributed by atoms with Crippen molar-refractivity contribution >= 4 is 10.0 Å². The van der Waals surface area contributed by atoms with Crippen molar-refractivity contribution in [2.45, 2.75) is 32.9 Å². The minimum Gasteiger partial charge on any atom is -0.491 e. The van der Waals surface area contributed by atoms with Crippen molar-refractivity contribution in [2.75, 3.05) is 19.3 Å². The molecule has 0 saturated heterocycles. The summed E-state index contributed by atoms with van der Waals surface area (Å²) in [5.41, 5.74) is 1.15. The third kappa shape index (κ3) is 8.14. The maximum atomic E-state index is 10.9. The average Bonchev–Trinajstić information content (AvgIpc) is 2.32. The lowest BCUT2D eigenvalue weighted by Crippen LogP contribution is -2.26. The number of ether oxygens (including phenoxy) is 1. The van der Waals surface area contributed by atoms with Crippen LogP contribution in [0.25, 0.3) is 0 Å². The summed E-state index contributed by atoms with van der Waals surface area (Å²) in [5, 5.41) is 3.28. The molecule has 0 bridgehead atoms. The fraction of sp³-hybridized carbons (Fsp3) is 0.571. The zero-order chi connectivity index (χ0) is 15.0. The highest BCUT2D eigenvalue weighted by atomic mass is 32.2. The fourth-order valence-electron chi connectivity index (χ4n) is 1.70. The molecule has 0 aliphatic carbocycles. The van der Waals surface area contributed by atoms with Crippen LogP contribution in [0.3, 0.4) is 0 Å². The molecule has 20 heavy (non-hydrogen) atoms. The van der Waals surface area contributed by atoms with E-state index in [1.165, 1.54) is 6.26 Å². The molecule has 0 fully saturated rings. The quantitative estimate of drug-likeness (QED) is 0.678. The molecule has 0 unspecified atom stereocenters. The standard InChI is InChI=1S/C14H24N2O3S/c1-12(2)19-14-7-4-6-13(10-14)11-15-8-5-9-16-20(3,17)18/h4,6-7,10,12,15-16H,5,8-9,11H2,1-3H3. The summed E-state index contributed by atoms with van der Waals surface area (Å²) in [4.78, 5) is 0. The molecule has 0 radical (unpaired) electrons. The van der Waals surface area contributed by atoms with Crippen LogP contribution in [0.2, 0.25) is 0 Å². The van der Waals surface area contributed by atoms with E-state index in [0.717, 1.165) is 30.8 Å². The van der Waals surface area contributed by atoms with Gasteiger partial charge >= 0.3 is 0 Å². The Morgan fingerprint density at radius 2 is 2.00 bits per heavy atom. The SMILES string of the molecule is CC(C)Oc1cccc(CNCCCNS(C)(=O)=O)c1. The molecule has 0 aliphatic heterocycles. The molecule has 2 N–H and O–H groups in total. The smallest absolute Gasteiger partial charge is 0.208 e. The molecule has 0 amide bonds. The van der Waals surface area contributed by atoms with Crippen molar-refractivity contribution in [1.29, 1.82) is 0 Å². The van der Waals surface area contributed by atoms with Crippen molar-refractivity contribution in [3.63, 3.8) is 0 Å². The third-order valence-electron chi connectivity index (χ3n) is 2.49. The van der Waals surface area contributed by atoms with Crippen LogP contribution in [0.4, 0.5) is 0 Å². The molecule has 0 saturated carbocycles. The van der Waals surface area contributed by atoms with Crippen LogP contribution < -0.4 is 14.8 Å². The van der Waals surface area contributed by atoms with Crippen LogP contribution in [-0.2, 0) is 16.6 Å². The highest BCUT2D eigenvalue weighted by molar-refractivity contribution is 7.88. The molecule has 6 heteroatoms. The summed E-state index contributed by atoms with van der Waals surface area (Å²) in [7, 11) is -3.07. The molecule has 0 atom stereocenters. The molecule has 5 nitrogen and oxygen atoms in total. The molecule has 0 heterocycles. The second kappa shape index (κ2) is 8.24. The van der Waals surface area contributed by atoms with E-state index in [0.29, 0.717) is 6.54 Å². The van der Waals surface area contributed by atoms with E-state index < -0.39 is 10.0 Å². The van der Waals surface area contributed by atoms with Gasteiger partial charge in [0.15, 0.2) is 0 Å². The topological polar surface area (TPSA) is 67.4 Å². The average molecular weight is 300 g/mol. The van der Waals surface area contributed by atoms with Crippen LogP contribution in [0.5, 0.6) is 5.75 Å². The van der Waals surface area contributed by atoms with E-state index in [4.69, 9.17) is 4.74 Å². The zero-order valence-corrected chi connectivity index (χ0v) is 13.2. The van der Waals surface area contributed by atoms with E-state index in [1.54, 1.807) is 0 Å². The zero-order valence-electron chi connectivity index (χ0n) is 12.3. The van der Waals surface area contributed by atoms with Gasteiger partial charge in [-0.05, 0) is 44.5 Å². The first-order valence-electron chi connectivity index (χ1n) is 6.78. The predicted molar refractivity (Wildman–Crippen MR) is 81.4 cm³/mol. The lowest BCUT2D eigenvalue weighted by atomic mass is 10.2. The molecule has 0 aromatic heterocycles. The predicted octanol–water partition coefficient (Wildman–Crippen LogP) is 1.50. The molecule has 0 aliphatic rings. The summed E-state index contributed by atoms with van der Waals surface area (Å²) in [6.07, 6.45) is 2.09. The van der Waals surface area contributed by atoms with Gasteiger partial charge < -0.3 is 10.1 Å². The van der Waals surface area contributed by atoms with E-state index in [2.05, 4.69) is 10.0 Å². The Balaban J connectivity index is 2.25. The normalized spacial score (nSPS) is 11.8. The molecule has 114 valence electrons. The number of benzene rings is 1. The third-order valence-corrected chi connectivity index (χ3v) is 3.22. The summed E-state index contributed by atoms with van der Waals surface area (Å²) < 4.78 is 29.8. The molecule has 1 rings (SSSR count). The Labute approximate surface area is 121 Å². The Kier molecular flexibility index (Phi) is 6.98. The van der Waals surface area contributed by atoms with Crippen molar-refractivity contribution in [1.82, 2.24) is 10.0 Å². The van der Waals surface area contributed by atoms with Gasteiger partial charge in [0.1, 0.15) is 5.75 Å². The second-order valence-corrected chi connectivity index (χ2v) is 6.84. The van der Waals surface area contributed by atoms with Gasteiger partial charge in [-0.25, -0.2) is 13.1 Å². The van der Waals surface area contributed by atoms with E-state index >= 15 is 0 Å². The summed E-state index contributed by atoms with van der Waals surface area (Å²) in [6, 6.07) is 7.97. The van der Waals surface area contributed by atoms with Crippen LogP contribution in [0, 0.1) is 0 Å². The van der Waals surface area contributed by atoms with Crippen LogP contribution in [-0.4, -0.2) is 33.9 Å². The monoisotopic (exact) mass is 300 g/mol. The van der Waals surface area contributed by atoms with Crippen LogP contribution in [0.15, 0.2) is 24.3 Å². The first-order chi connectivity index (χ1) is 9.37. The molecule has 1 aromatic carbocycles. The van der Waals surface area contributed by atoms with Crippen molar-refractivity contribution in [3.05, 3.63) is 29.8 Å². The minimum absolute atomic E-state index is 0.167. The Morgan fingerprint density at radius 1 is 1.25 bits per heavy atom. The van der Waals surface area contributed by atoms with Gasteiger partial charge in [0.2, 0.25) is 10.0 Å². The van der Waals surface area contributed by atoms with Crippen molar-refractivity contribution in [2.24, 2.45) is 0 Å². The summed E-state index contributed by atoms with van der Waals surface area (Å²) >= 11 is 0. The van der Waals surface area contributed by atoms with Gasteiger partial charge in [0, 0.05) is 13.1 Å². The van der Waals surface area contributed by atoms with Gasteiger partial charge in [-0.2, -0.15) is 0 Å². The number of hydrogen-bond acceptors (Lipinski definition) is 4. The fourth-order valence-corrected chi connectivity index (χ4v) is 2.22. The molecule has 1 aromatic rings. The maximum absolute atomic E-state index is 10.9. The lowest BCUT2D eigenvalue weighted by Gasteiger charge is -2.11. The van der Waals surface area contributed by atoms with E-state index in [9.17, 15) is 8.42 Å². The number of hydrogen-bond donors (Lipinski definition) is 2. The summed E-state index contributed by atoms with van der Waals surface area (Å²) in [6.45, 7) is 5.97. The van der Waals surface area contributed by atoms with Gasteiger partial charge in [-0.3, -0.25) is 0 Å². The Hall–Kier alpha value is -1.11. The van der Waals surface area contributed by atoms with Crippen LogP contribution >= 0.6 is 0 Å². The first kappa shape index (κ1) is 16.9. The molecular formula is C14H24N2O3S. The van der Waals surface area contributed by atoms with Gasteiger partial charge in [0.25, 0.3) is 0 Å². The van der Waals surface area contributed by atoms with Crippen molar-refractivity contribution < 1.29 is 13.2 Å². The van der Waals surface area contributed by atoms with Gasteiger partial charge in [-0.1, -0.05) is 12.1 Å². The number of nitrogens with one attached hydrogen (secondary N) is 2. The summed E-state index contributed by atoms with van der Waals surface area (Å²) in [5.74, 6) is 0.873. The lowest BCUT2D eigenvalue weighted by molar-refractivity contribution is 0.242. The van der Waals surface area contributed by atoms with Crippen LogP contribution in [0.1, 0.15) is 25.8 Å². The van der Waals surface area contributed by atoms with Gasteiger partial charge in [-0.15, -0.1) is 0 Å². The minimum atomic E-state index is -3.07. The number of rotatable bonds is 9. The highest BCUT2D eigenvalue weighted by Crippen LogP contribution is 2.14. The first-order valence-corrected chi connectivity index (χ1v) is 8.67.